The van der Waals surface area contributed by atoms with Crippen LogP contribution in [0.1, 0.15) is 62.5 Å². The molecule has 0 saturated carbocycles. The third-order valence-electron chi connectivity index (χ3n) is 6.74. The summed E-state index contributed by atoms with van der Waals surface area (Å²) in [7, 11) is 0. The number of urea groups is 1. The SMILES string of the molecule is CC(C)CCC(=O)N1CCC(c2ccc(NC(=O)N3CC(c4cccnc4)C3)cc2)CC1. The van der Waals surface area contributed by atoms with Crippen LogP contribution in [-0.2, 0) is 4.79 Å². The summed E-state index contributed by atoms with van der Waals surface area (Å²) in [5, 5.41) is 3.01. The molecule has 1 aromatic heterocycles. The summed E-state index contributed by atoms with van der Waals surface area (Å²) in [4.78, 5) is 32.9. The van der Waals surface area contributed by atoms with Crippen LogP contribution in [0.2, 0.25) is 0 Å². The molecular weight excluding hydrogens is 400 g/mol. The number of nitrogens with zero attached hydrogens (tertiary/aromatic N) is 3. The summed E-state index contributed by atoms with van der Waals surface area (Å²) in [5.74, 6) is 1.72. The number of rotatable bonds is 6. The molecule has 2 aliphatic heterocycles. The zero-order chi connectivity index (χ0) is 22.5. The Morgan fingerprint density at radius 3 is 2.34 bits per heavy atom. The molecule has 0 atom stereocenters. The Morgan fingerprint density at radius 2 is 1.72 bits per heavy atom. The Kier molecular flexibility index (Phi) is 7.08. The van der Waals surface area contributed by atoms with Crippen molar-refractivity contribution >= 4 is 17.6 Å². The van der Waals surface area contributed by atoms with Crippen molar-refractivity contribution in [2.75, 3.05) is 31.5 Å². The maximum Gasteiger partial charge on any atom is 0.321 e. The Bertz CT molecular complexity index is 899. The van der Waals surface area contributed by atoms with Crippen molar-refractivity contribution in [3.8, 4) is 0 Å². The van der Waals surface area contributed by atoms with Crippen LogP contribution < -0.4 is 5.32 Å². The van der Waals surface area contributed by atoms with E-state index in [4.69, 9.17) is 0 Å². The second-order valence-corrected chi connectivity index (χ2v) is 9.53. The number of piperidine rings is 1. The van der Waals surface area contributed by atoms with Crippen LogP contribution in [0.5, 0.6) is 0 Å². The second kappa shape index (κ2) is 10.2. The molecule has 6 nitrogen and oxygen atoms in total. The summed E-state index contributed by atoms with van der Waals surface area (Å²) in [6.45, 7) is 7.46. The number of carbonyl (C=O) groups is 2. The fraction of sp³-hybridized carbons (Fsp3) is 0.500. The van der Waals surface area contributed by atoms with E-state index >= 15 is 0 Å². The van der Waals surface area contributed by atoms with Crippen LogP contribution in [-0.4, -0.2) is 52.9 Å². The monoisotopic (exact) mass is 434 g/mol. The van der Waals surface area contributed by atoms with Gasteiger partial charge in [0.05, 0.1) is 0 Å². The molecule has 0 radical (unpaired) electrons. The fourth-order valence-corrected chi connectivity index (χ4v) is 4.55. The number of benzene rings is 1. The van der Waals surface area contributed by atoms with Gasteiger partial charge in [0.15, 0.2) is 0 Å². The van der Waals surface area contributed by atoms with Crippen LogP contribution in [0.15, 0.2) is 48.8 Å². The van der Waals surface area contributed by atoms with Crippen LogP contribution >= 0.6 is 0 Å². The van der Waals surface area contributed by atoms with Gasteiger partial charge in [-0.25, -0.2) is 4.79 Å². The van der Waals surface area contributed by atoms with Crippen LogP contribution in [0.3, 0.4) is 0 Å². The molecule has 0 bridgehead atoms. The summed E-state index contributed by atoms with van der Waals surface area (Å²) < 4.78 is 0. The lowest BCUT2D eigenvalue weighted by atomic mass is 9.89. The smallest absolute Gasteiger partial charge is 0.321 e. The van der Waals surface area contributed by atoms with Gasteiger partial charge < -0.3 is 15.1 Å². The molecule has 1 N–H and O–H groups in total. The first-order chi connectivity index (χ1) is 15.5. The van der Waals surface area contributed by atoms with E-state index in [9.17, 15) is 9.59 Å². The average Bonchev–Trinajstić information content (AvgIpc) is 2.78. The van der Waals surface area contributed by atoms with Gasteiger partial charge in [0.2, 0.25) is 5.91 Å². The lowest BCUT2D eigenvalue weighted by molar-refractivity contribution is -0.132. The Labute approximate surface area is 191 Å². The lowest BCUT2D eigenvalue weighted by Crippen LogP contribution is -2.50. The van der Waals surface area contributed by atoms with E-state index in [1.807, 2.05) is 34.2 Å². The fourth-order valence-electron chi connectivity index (χ4n) is 4.55. The summed E-state index contributed by atoms with van der Waals surface area (Å²) in [5.41, 5.74) is 3.30. The largest absolute Gasteiger partial charge is 0.343 e. The maximum atomic E-state index is 12.5. The molecule has 2 fully saturated rings. The molecule has 0 aliphatic carbocycles. The van der Waals surface area contributed by atoms with Gasteiger partial charge in [0, 0.05) is 56.6 Å². The highest BCUT2D eigenvalue weighted by Crippen LogP contribution is 2.30. The van der Waals surface area contributed by atoms with Crippen molar-refractivity contribution < 1.29 is 9.59 Å². The molecule has 3 heterocycles. The standard InChI is InChI=1S/C26H34N4O2/c1-19(2)5-10-25(31)29-14-11-21(12-15-29)20-6-8-24(9-7-20)28-26(32)30-17-23(18-30)22-4-3-13-27-16-22/h3-4,6-9,13,16,19,21,23H,5,10-12,14-15,17-18H2,1-2H3,(H,28,32). The highest BCUT2D eigenvalue weighted by atomic mass is 16.2. The van der Waals surface area contributed by atoms with E-state index < -0.39 is 0 Å². The Morgan fingerprint density at radius 1 is 1.00 bits per heavy atom. The quantitative estimate of drug-likeness (QED) is 0.706. The van der Waals surface area contributed by atoms with Gasteiger partial charge in [0.25, 0.3) is 0 Å². The lowest BCUT2D eigenvalue weighted by Gasteiger charge is -2.39. The molecule has 2 saturated heterocycles. The molecule has 2 aromatic rings. The van der Waals surface area contributed by atoms with Gasteiger partial charge in [-0.1, -0.05) is 32.0 Å². The van der Waals surface area contributed by atoms with E-state index in [1.165, 1.54) is 11.1 Å². The third-order valence-corrected chi connectivity index (χ3v) is 6.74. The van der Waals surface area contributed by atoms with Crippen LogP contribution in [0, 0.1) is 5.92 Å². The first kappa shape index (κ1) is 22.3. The predicted octanol–water partition coefficient (Wildman–Crippen LogP) is 4.86. The minimum atomic E-state index is -0.0499. The molecular formula is C26H34N4O2. The predicted molar refractivity (Wildman–Crippen MR) is 127 cm³/mol. The summed E-state index contributed by atoms with van der Waals surface area (Å²) in [6.07, 6.45) is 7.29. The van der Waals surface area contributed by atoms with Crippen molar-refractivity contribution in [2.45, 2.75) is 51.4 Å². The van der Waals surface area contributed by atoms with E-state index in [-0.39, 0.29) is 6.03 Å². The molecule has 4 rings (SSSR count). The van der Waals surface area contributed by atoms with Crippen molar-refractivity contribution in [1.82, 2.24) is 14.8 Å². The first-order valence-electron chi connectivity index (χ1n) is 11.8. The molecule has 170 valence electrons. The normalized spacial score (nSPS) is 17.3. The molecule has 1 aromatic carbocycles. The van der Waals surface area contributed by atoms with Gasteiger partial charge in [-0.05, 0) is 60.4 Å². The van der Waals surface area contributed by atoms with E-state index in [0.29, 0.717) is 30.1 Å². The first-order valence-corrected chi connectivity index (χ1v) is 11.8. The average molecular weight is 435 g/mol. The number of carbonyl (C=O) groups excluding carboxylic acids is 2. The molecule has 32 heavy (non-hydrogen) atoms. The van der Waals surface area contributed by atoms with E-state index in [1.54, 1.807) is 6.20 Å². The van der Waals surface area contributed by atoms with Gasteiger partial charge >= 0.3 is 6.03 Å². The molecule has 0 unspecified atom stereocenters. The van der Waals surface area contributed by atoms with Crippen molar-refractivity contribution in [2.24, 2.45) is 5.92 Å². The van der Waals surface area contributed by atoms with Crippen LogP contribution in [0.25, 0.3) is 0 Å². The minimum Gasteiger partial charge on any atom is -0.343 e. The van der Waals surface area contributed by atoms with Gasteiger partial charge in [-0.2, -0.15) is 0 Å². The zero-order valence-corrected chi connectivity index (χ0v) is 19.2. The van der Waals surface area contributed by atoms with Gasteiger partial charge in [-0.3, -0.25) is 9.78 Å². The third kappa shape index (κ3) is 5.47. The molecule has 3 amide bonds. The van der Waals surface area contributed by atoms with Gasteiger partial charge in [0.1, 0.15) is 0 Å². The highest BCUT2D eigenvalue weighted by molar-refractivity contribution is 5.90. The highest BCUT2D eigenvalue weighted by Gasteiger charge is 2.32. The van der Waals surface area contributed by atoms with E-state index in [2.05, 4.69) is 42.3 Å². The summed E-state index contributed by atoms with van der Waals surface area (Å²) >= 11 is 0. The number of hydrogen-bond donors (Lipinski definition) is 1. The van der Waals surface area contributed by atoms with Crippen LogP contribution in [0.4, 0.5) is 10.5 Å². The Balaban J connectivity index is 1.22. The number of aromatic nitrogens is 1. The molecule has 0 spiro atoms. The molecule has 2 aliphatic rings. The Hall–Kier alpha value is -2.89. The van der Waals surface area contributed by atoms with Crippen molar-refractivity contribution in [3.63, 3.8) is 0 Å². The number of pyridine rings is 1. The maximum absolute atomic E-state index is 12.5. The summed E-state index contributed by atoms with van der Waals surface area (Å²) in [6, 6.07) is 12.2. The number of likely N-dealkylation sites (tertiary alicyclic amines) is 2. The number of nitrogens with one attached hydrogen (secondary N) is 1. The zero-order valence-electron chi connectivity index (χ0n) is 19.2. The second-order valence-electron chi connectivity index (χ2n) is 9.53. The number of amides is 3. The molecule has 6 heteroatoms. The minimum absolute atomic E-state index is 0.0499. The van der Waals surface area contributed by atoms with Gasteiger partial charge in [-0.15, -0.1) is 0 Å². The van der Waals surface area contributed by atoms with E-state index in [0.717, 1.165) is 51.1 Å². The van der Waals surface area contributed by atoms with Crippen molar-refractivity contribution in [3.05, 3.63) is 59.9 Å². The topological polar surface area (TPSA) is 65.5 Å². The van der Waals surface area contributed by atoms with Crippen molar-refractivity contribution in [1.29, 1.82) is 0 Å². The number of hydrogen-bond acceptors (Lipinski definition) is 3. The number of anilines is 1.